The molecule has 0 radical (unpaired) electrons. The minimum atomic E-state index is 0.403. The Hall–Kier alpha value is -1.68. The second-order valence-electron chi connectivity index (χ2n) is 5.34. The van der Waals surface area contributed by atoms with Crippen molar-refractivity contribution in [3.63, 3.8) is 0 Å². The van der Waals surface area contributed by atoms with Crippen LogP contribution in [0.15, 0.2) is 30.6 Å². The molecule has 0 spiro atoms. The number of nitrogens with one attached hydrogen (secondary N) is 1. The quantitative estimate of drug-likeness (QED) is 0.841. The maximum absolute atomic E-state index is 4.33. The van der Waals surface area contributed by atoms with Crippen LogP contribution in [-0.2, 0) is 19.9 Å². The van der Waals surface area contributed by atoms with Crippen molar-refractivity contribution in [2.45, 2.75) is 39.2 Å². The van der Waals surface area contributed by atoms with Crippen LogP contribution in [0, 0.1) is 6.92 Å². The Bertz CT molecular complexity index is 516. The van der Waals surface area contributed by atoms with Gasteiger partial charge in [-0.05, 0) is 31.9 Å². The molecule has 0 aliphatic rings. The summed E-state index contributed by atoms with van der Waals surface area (Å²) in [5.41, 5.74) is 2.67. The molecule has 4 heteroatoms. The Morgan fingerprint density at radius 2 is 1.95 bits per heavy atom. The Morgan fingerprint density at radius 3 is 2.55 bits per heavy atom. The molecule has 1 atom stereocenters. The molecule has 1 N–H and O–H groups in total. The molecule has 1 aromatic carbocycles. The van der Waals surface area contributed by atoms with E-state index in [2.05, 4.69) is 53.5 Å². The summed E-state index contributed by atoms with van der Waals surface area (Å²) in [6.07, 6.45) is 4.69. The molecule has 2 rings (SSSR count). The maximum atomic E-state index is 4.33. The number of aromatic nitrogens is 3. The summed E-state index contributed by atoms with van der Waals surface area (Å²) < 4.78 is 1.86. The fraction of sp³-hybridized carbons (Fsp3) is 0.500. The zero-order valence-corrected chi connectivity index (χ0v) is 12.6. The van der Waals surface area contributed by atoms with Gasteiger partial charge < -0.3 is 5.32 Å². The minimum Gasteiger partial charge on any atom is -0.313 e. The van der Waals surface area contributed by atoms with Crippen LogP contribution in [0.25, 0.3) is 0 Å². The molecule has 2 aromatic rings. The van der Waals surface area contributed by atoms with E-state index in [1.807, 2.05) is 11.7 Å². The van der Waals surface area contributed by atoms with Crippen molar-refractivity contribution in [1.29, 1.82) is 0 Å². The number of hydrogen-bond donors (Lipinski definition) is 1. The number of hydrogen-bond acceptors (Lipinski definition) is 3. The highest BCUT2D eigenvalue weighted by Gasteiger charge is 2.13. The molecule has 0 aliphatic carbocycles. The van der Waals surface area contributed by atoms with Crippen LogP contribution in [0.5, 0.6) is 0 Å². The molecule has 1 aromatic heterocycles. The first-order valence-electron chi connectivity index (χ1n) is 7.31. The molecule has 1 unspecified atom stereocenters. The zero-order valence-electron chi connectivity index (χ0n) is 12.6. The molecule has 0 saturated heterocycles. The normalized spacial score (nSPS) is 12.6. The average molecular weight is 272 g/mol. The molecule has 0 fully saturated rings. The molecule has 1 heterocycles. The van der Waals surface area contributed by atoms with Gasteiger partial charge in [-0.3, -0.25) is 4.68 Å². The van der Waals surface area contributed by atoms with Crippen LogP contribution >= 0.6 is 0 Å². The van der Waals surface area contributed by atoms with E-state index in [-0.39, 0.29) is 0 Å². The van der Waals surface area contributed by atoms with E-state index < -0.39 is 0 Å². The van der Waals surface area contributed by atoms with Gasteiger partial charge in [-0.15, -0.1) is 0 Å². The van der Waals surface area contributed by atoms with Crippen molar-refractivity contribution in [1.82, 2.24) is 20.1 Å². The van der Waals surface area contributed by atoms with Gasteiger partial charge in [0, 0.05) is 19.5 Å². The van der Waals surface area contributed by atoms with Crippen molar-refractivity contribution in [2.75, 3.05) is 6.54 Å². The van der Waals surface area contributed by atoms with Crippen molar-refractivity contribution in [3.8, 4) is 0 Å². The fourth-order valence-electron chi connectivity index (χ4n) is 2.30. The largest absolute Gasteiger partial charge is 0.313 e. The molecule has 0 bridgehead atoms. The molecule has 108 valence electrons. The lowest BCUT2D eigenvalue weighted by Crippen LogP contribution is -2.34. The first-order chi connectivity index (χ1) is 9.69. The Morgan fingerprint density at radius 1 is 1.20 bits per heavy atom. The van der Waals surface area contributed by atoms with E-state index in [0.29, 0.717) is 6.04 Å². The first kappa shape index (κ1) is 14.7. The Kier molecular flexibility index (Phi) is 5.30. The summed E-state index contributed by atoms with van der Waals surface area (Å²) in [5.74, 6) is 1.03. The molecule has 20 heavy (non-hydrogen) atoms. The summed E-state index contributed by atoms with van der Waals surface area (Å²) in [4.78, 5) is 4.33. The van der Waals surface area contributed by atoms with E-state index in [0.717, 1.165) is 31.6 Å². The average Bonchev–Trinajstić information content (AvgIpc) is 2.84. The fourth-order valence-corrected chi connectivity index (χ4v) is 2.30. The number of benzene rings is 1. The van der Waals surface area contributed by atoms with E-state index >= 15 is 0 Å². The third-order valence-electron chi connectivity index (χ3n) is 3.52. The van der Waals surface area contributed by atoms with Gasteiger partial charge in [0.25, 0.3) is 0 Å². The maximum Gasteiger partial charge on any atom is 0.138 e. The summed E-state index contributed by atoms with van der Waals surface area (Å²) in [5, 5.41) is 7.76. The lowest BCUT2D eigenvalue weighted by atomic mass is 10.0. The molecule has 4 nitrogen and oxygen atoms in total. The van der Waals surface area contributed by atoms with Crippen molar-refractivity contribution in [2.24, 2.45) is 7.05 Å². The number of rotatable bonds is 7. The predicted octanol–water partition coefficient (Wildman–Crippen LogP) is 2.28. The van der Waals surface area contributed by atoms with Crippen molar-refractivity contribution < 1.29 is 0 Å². The van der Waals surface area contributed by atoms with E-state index in [4.69, 9.17) is 0 Å². The SMILES string of the molecule is CCCNC(Cc1ccc(C)cc1)Cc1ncnn1C. The van der Waals surface area contributed by atoms with Gasteiger partial charge in [0.15, 0.2) is 0 Å². The van der Waals surface area contributed by atoms with E-state index in [1.54, 1.807) is 6.33 Å². The summed E-state index contributed by atoms with van der Waals surface area (Å²) in [6.45, 7) is 5.35. The molecular weight excluding hydrogens is 248 g/mol. The topological polar surface area (TPSA) is 42.7 Å². The molecule has 0 amide bonds. The highest BCUT2D eigenvalue weighted by atomic mass is 15.3. The highest BCUT2D eigenvalue weighted by Crippen LogP contribution is 2.09. The van der Waals surface area contributed by atoms with Gasteiger partial charge >= 0.3 is 0 Å². The predicted molar refractivity (Wildman–Crippen MR) is 81.7 cm³/mol. The highest BCUT2D eigenvalue weighted by molar-refractivity contribution is 5.22. The molecule has 0 aliphatic heterocycles. The van der Waals surface area contributed by atoms with Crippen LogP contribution in [0.2, 0.25) is 0 Å². The molecular formula is C16H24N4. The first-order valence-corrected chi connectivity index (χ1v) is 7.31. The van der Waals surface area contributed by atoms with Gasteiger partial charge in [0.05, 0.1) is 0 Å². The van der Waals surface area contributed by atoms with Gasteiger partial charge in [-0.2, -0.15) is 5.10 Å². The van der Waals surface area contributed by atoms with E-state index in [1.165, 1.54) is 11.1 Å². The van der Waals surface area contributed by atoms with Gasteiger partial charge in [-0.25, -0.2) is 4.98 Å². The summed E-state index contributed by atoms with van der Waals surface area (Å²) >= 11 is 0. The van der Waals surface area contributed by atoms with Crippen LogP contribution in [-0.4, -0.2) is 27.4 Å². The second-order valence-corrected chi connectivity index (χ2v) is 5.34. The standard InChI is InChI=1S/C16H24N4/c1-4-9-17-15(11-16-18-12-19-20(16)3)10-14-7-5-13(2)6-8-14/h5-8,12,15,17H,4,9-11H2,1-3H3. The lowest BCUT2D eigenvalue weighted by molar-refractivity contribution is 0.485. The van der Waals surface area contributed by atoms with E-state index in [9.17, 15) is 0 Å². The third-order valence-corrected chi connectivity index (χ3v) is 3.52. The van der Waals surface area contributed by atoms with Crippen LogP contribution in [0.4, 0.5) is 0 Å². The lowest BCUT2D eigenvalue weighted by Gasteiger charge is -2.18. The van der Waals surface area contributed by atoms with Crippen LogP contribution in [0.1, 0.15) is 30.3 Å². The zero-order chi connectivity index (χ0) is 14.4. The smallest absolute Gasteiger partial charge is 0.138 e. The van der Waals surface area contributed by atoms with Gasteiger partial charge in [-0.1, -0.05) is 36.8 Å². The van der Waals surface area contributed by atoms with Crippen LogP contribution < -0.4 is 5.32 Å². The molecule has 0 saturated carbocycles. The Balaban J connectivity index is 2.03. The monoisotopic (exact) mass is 272 g/mol. The minimum absolute atomic E-state index is 0.403. The van der Waals surface area contributed by atoms with Gasteiger partial charge in [0.1, 0.15) is 12.2 Å². The number of aryl methyl sites for hydroxylation is 2. The van der Waals surface area contributed by atoms with Gasteiger partial charge in [0.2, 0.25) is 0 Å². The summed E-state index contributed by atoms with van der Waals surface area (Å²) in [6, 6.07) is 9.18. The summed E-state index contributed by atoms with van der Waals surface area (Å²) in [7, 11) is 1.95. The Labute approximate surface area is 121 Å². The van der Waals surface area contributed by atoms with Crippen LogP contribution in [0.3, 0.4) is 0 Å². The third kappa shape index (κ3) is 4.17. The number of nitrogens with zero attached hydrogens (tertiary/aromatic N) is 3. The second kappa shape index (κ2) is 7.20. The van der Waals surface area contributed by atoms with Crippen molar-refractivity contribution in [3.05, 3.63) is 47.5 Å². The van der Waals surface area contributed by atoms with Crippen molar-refractivity contribution >= 4 is 0 Å².